The van der Waals surface area contributed by atoms with Crippen LogP contribution in [0.4, 0.5) is 10.1 Å². The van der Waals surface area contributed by atoms with Crippen LogP contribution >= 0.6 is 0 Å². The first-order valence-electron chi connectivity index (χ1n) is 8.47. The van der Waals surface area contributed by atoms with Crippen LogP contribution in [0.25, 0.3) is 6.08 Å². The van der Waals surface area contributed by atoms with E-state index in [1.54, 1.807) is 18.2 Å². The molecular formula is C22H14FNO5. The number of carbonyl (C=O) groups excluding carboxylic acids is 2. The quantitative estimate of drug-likeness (QED) is 0.150. The van der Waals surface area contributed by atoms with Gasteiger partial charge in [-0.1, -0.05) is 18.2 Å². The summed E-state index contributed by atoms with van der Waals surface area (Å²) < 4.78 is 18.1. The Hall–Kier alpha value is -4.13. The highest BCUT2D eigenvalue weighted by molar-refractivity contribution is 6.06. The zero-order chi connectivity index (χ0) is 20.8. The van der Waals surface area contributed by atoms with E-state index in [1.165, 1.54) is 66.7 Å². The largest absolute Gasteiger partial charge is 0.423 e. The Morgan fingerprint density at radius 1 is 0.862 bits per heavy atom. The highest BCUT2D eigenvalue weighted by Crippen LogP contribution is 2.17. The van der Waals surface area contributed by atoms with Crippen molar-refractivity contribution in [1.82, 2.24) is 0 Å². The highest BCUT2D eigenvalue weighted by atomic mass is 19.1. The number of nitro benzene ring substituents is 1. The average Bonchev–Trinajstić information content (AvgIpc) is 2.73. The fourth-order valence-corrected chi connectivity index (χ4v) is 2.41. The Bertz CT molecular complexity index is 1070. The van der Waals surface area contributed by atoms with Crippen molar-refractivity contribution < 1.29 is 23.6 Å². The van der Waals surface area contributed by atoms with Gasteiger partial charge in [0.1, 0.15) is 11.6 Å². The number of halogens is 1. The van der Waals surface area contributed by atoms with Gasteiger partial charge in [0.15, 0.2) is 5.78 Å². The van der Waals surface area contributed by atoms with E-state index in [-0.39, 0.29) is 28.6 Å². The van der Waals surface area contributed by atoms with Gasteiger partial charge in [-0.05, 0) is 60.2 Å². The number of non-ortho nitro benzene ring substituents is 1. The maximum atomic E-state index is 12.9. The molecule has 3 rings (SSSR count). The molecule has 0 radical (unpaired) electrons. The van der Waals surface area contributed by atoms with Crippen LogP contribution < -0.4 is 4.74 Å². The zero-order valence-corrected chi connectivity index (χ0v) is 14.9. The minimum atomic E-state index is -0.671. The summed E-state index contributed by atoms with van der Waals surface area (Å²) >= 11 is 0. The Labute approximate surface area is 165 Å². The number of allylic oxidation sites excluding steroid dienone is 1. The lowest BCUT2D eigenvalue weighted by Gasteiger charge is -2.05. The van der Waals surface area contributed by atoms with E-state index in [2.05, 4.69) is 0 Å². The highest BCUT2D eigenvalue weighted by Gasteiger charge is 2.12. The summed E-state index contributed by atoms with van der Waals surface area (Å²) in [5, 5.41) is 10.6. The van der Waals surface area contributed by atoms with E-state index in [1.807, 2.05) is 0 Å². The van der Waals surface area contributed by atoms with E-state index in [0.29, 0.717) is 11.1 Å². The number of hydrogen-bond donors (Lipinski definition) is 0. The van der Waals surface area contributed by atoms with Gasteiger partial charge < -0.3 is 4.74 Å². The van der Waals surface area contributed by atoms with Gasteiger partial charge in [-0.3, -0.25) is 14.9 Å². The molecule has 0 aliphatic heterocycles. The van der Waals surface area contributed by atoms with Gasteiger partial charge in [0.2, 0.25) is 0 Å². The van der Waals surface area contributed by atoms with Crippen molar-refractivity contribution in [3.63, 3.8) is 0 Å². The van der Waals surface area contributed by atoms with Crippen molar-refractivity contribution in [2.24, 2.45) is 0 Å². The van der Waals surface area contributed by atoms with Gasteiger partial charge in [-0.2, -0.15) is 0 Å². The Morgan fingerprint density at radius 2 is 1.45 bits per heavy atom. The molecule has 0 bridgehead atoms. The van der Waals surface area contributed by atoms with Crippen molar-refractivity contribution >= 4 is 23.5 Å². The fourth-order valence-electron chi connectivity index (χ4n) is 2.41. The zero-order valence-electron chi connectivity index (χ0n) is 14.9. The second-order valence-electron chi connectivity index (χ2n) is 5.97. The maximum Gasteiger partial charge on any atom is 0.343 e. The van der Waals surface area contributed by atoms with Crippen LogP contribution in [0.2, 0.25) is 0 Å². The third kappa shape index (κ3) is 5.20. The number of hydrogen-bond acceptors (Lipinski definition) is 5. The lowest BCUT2D eigenvalue weighted by molar-refractivity contribution is -0.384. The summed E-state index contributed by atoms with van der Waals surface area (Å²) in [6, 6.07) is 16.7. The number of nitrogens with zero attached hydrogens (tertiary/aromatic N) is 1. The summed E-state index contributed by atoms with van der Waals surface area (Å²) in [5.74, 6) is -1.06. The van der Waals surface area contributed by atoms with Gasteiger partial charge in [0.25, 0.3) is 5.69 Å². The maximum absolute atomic E-state index is 12.9. The van der Waals surface area contributed by atoms with Gasteiger partial charge >= 0.3 is 5.97 Å². The Morgan fingerprint density at radius 3 is 2.03 bits per heavy atom. The van der Waals surface area contributed by atoms with Gasteiger partial charge in [-0.25, -0.2) is 9.18 Å². The normalized spacial score (nSPS) is 10.7. The molecule has 0 aliphatic carbocycles. The molecule has 0 heterocycles. The Balaban J connectivity index is 1.63. The minimum Gasteiger partial charge on any atom is -0.423 e. The van der Waals surface area contributed by atoms with E-state index >= 15 is 0 Å². The van der Waals surface area contributed by atoms with Gasteiger partial charge in [0.05, 0.1) is 10.5 Å². The number of ketones is 1. The predicted octanol–water partition coefficient (Wildman–Crippen LogP) is 4.85. The molecule has 0 fully saturated rings. The predicted molar refractivity (Wildman–Crippen MR) is 104 cm³/mol. The number of benzene rings is 3. The first kappa shape index (κ1) is 19.6. The molecule has 6 nitrogen and oxygen atoms in total. The van der Waals surface area contributed by atoms with E-state index in [9.17, 15) is 24.1 Å². The van der Waals surface area contributed by atoms with Crippen molar-refractivity contribution in [1.29, 1.82) is 0 Å². The van der Waals surface area contributed by atoms with E-state index < -0.39 is 10.9 Å². The smallest absolute Gasteiger partial charge is 0.343 e. The van der Waals surface area contributed by atoms with Crippen LogP contribution in [0.1, 0.15) is 26.3 Å². The lowest BCUT2D eigenvalue weighted by atomic mass is 10.1. The van der Waals surface area contributed by atoms with Gasteiger partial charge in [0, 0.05) is 17.7 Å². The molecule has 0 N–H and O–H groups in total. The van der Waals surface area contributed by atoms with Crippen molar-refractivity contribution in [2.45, 2.75) is 0 Å². The first-order valence-corrected chi connectivity index (χ1v) is 8.47. The molecule has 3 aromatic carbocycles. The third-order valence-electron chi connectivity index (χ3n) is 3.96. The molecule has 0 saturated heterocycles. The monoisotopic (exact) mass is 391 g/mol. The average molecular weight is 391 g/mol. The molecular weight excluding hydrogens is 377 g/mol. The summed E-state index contributed by atoms with van der Waals surface area (Å²) in [6.45, 7) is 0. The molecule has 0 aromatic heterocycles. The molecule has 0 saturated carbocycles. The minimum absolute atomic E-state index is 0.127. The number of rotatable bonds is 6. The molecule has 7 heteroatoms. The SMILES string of the molecule is O=C(C=Cc1ccc(F)cc1)c1ccc(OC(=O)c2ccc([N+](=O)[O-])cc2)cc1. The lowest BCUT2D eigenvalue weighted by Crippen LogP contribution is -2.08. The van der Waals surface area contributed by atoms with Crippen molar-refractivity contribution in [2.75, 3.05) is 0 Å². The van der Waals surface area contributed by atoms with E-state index in [0.717, 1.165) is 0 Å². The van der Waals surface area contributed by atoms with Crippen LogP contribution in [0.5, 0.6) is 5.75 Å². The topological polar surface area (TPSA) is 86.5 Å². The molecule has 0 spiro atoms. The summed E-state index contributed by atoms with van der Waals surface area (Å²) in [7, 11) is 0. The molecule has 0 aliphatic rings. The van der Waals surface area contributed by atoms with Crippen LogP contribution in [-0.2, 0) is 0 Å². The molecule has 3 aromatic rings. The first-order chi connectivity index (χ1) is 13.9. The number of esters is 1. The third-order valence-corrected chi connectivity index (χ3v) is 3.96. The standard InChI is InChI=1S/C22H14FNO5/c23-18-8-1-15(2-9-18)3-14-21(25)16-6-12-20(13-7-16)29-22(26)17-4-10-19(11-5-17)24(27)28/h1-14H. The number of carbonyl (C=O) groups is 2. The number of ether oxygens (including phenoxy) is 1. The van der Waals surface area contributed by atoms with E-state index in [4.69, 9.17) is 4.74 Å². The van der Waals surface area contributed by atoms with Crippen LogP contribution in [0.3, 0.4) is 0 Å². The van der Waals surface area contributed by atoms with Gasteiger partial charge in [-0.15, -0.1) is 0 Å². The van der Waals surface area contributed by atoms with Crippen LogP contribution in [0.15, 0.2) is 78.9 Å². The molecule has 29 heavy (non-hydrogen) atoms. The molecule has 144 valence electrons. The molecule has 0 amide bonds. The van der Waals surface area contributed by atoms with Crippen LogP contribution in [0, 0.1) is 15.9 Å². The summed E-state index contributed by atoms with van der Waals surface area (Å²) in [4.78, 5) is 34.4. The second-order valence-corrected chi connectivity index (χ2v) is 5.97. The van der Waals surface area contributed by atoms with Crippen LogP contribution in [-0.4, -0.2) is 16.7 Å². The Kier molecular flexibility index (Phi) is 5.89. The fraction of sp³-hybridized carbons (Fsp3) is 0. The molecule has 0 atom stereocenters. The number of nitro groups is 1. The summed E-state index contributed by atoms with van der Waals surface area (Å²) in [6.07, 6.45) is 2.94. The van der Waals surface area contributed by atoms with Crippen molar-refractivity contribution in [3.8, 4) is 5.75 Å². The van der Waals surface area contributed by atoms with Crippen molar-refractivity contribution in [3.05, 3.63) is 111 Å². The molecule has 0 unspecified atom stereocenters. The summed E-state index contributed by atoms with van der Waals surface area (Å²) in [5.41, 5.74) is 1.11. The second kappa shape index (κ2) is 8.71.